The van der Waals surface area contributed by atoms with Crippen LogP contribution in [-0.4, -0.2) is 10.9 Å². The van der Waals surface area contributed by atoms with Crippen molar-refractivity contribution in [1.82, 2.24) is 10.3 Å². The summed E-state index contributed by atoms with van der Waals surface area (Å²) in [5, 5.41) is 2.98. The average molecular weight is 304 g/mol. The zero-order chi connectivity index (χ0) is 14.8. The molecular formula is C16H17FN2OS. The van der Waals surface area contributed by atoms with Crippen molar-refractivity contribution in [3.63, 3.8) is 0 Å². The molecule has 0 saturated heterocycles. The lowest BCUT2D eigenvalue weighted by Gasteiger charge is -2.34. The van der Waals surface area contributed by atoms with Crippen LogP contribution in [0.25, 0.3) is 0 Å². The summed E-state index contributed by atoms with van der Waals surface area (Å²) < 4.78 is 12.9. The highest BCUT2D eigenvalue weighted by Crippen LogP contribution is 2.41. The summed E-state index contributed by atoms with van der Waals surface area (Å²) in [6.07, 6.45) is 1.69. The molecule has 0 spiro atoms. The summed E-state index contributed by atoms with van der Waals surface area (Å²) in [7, 11) is 0. The van der Waals surface area contributed by atoms with Crippen LogP contribution in [0.3, 0.4) is 0 Å². The van der Waals surface area contributed by atoms with Crippen LogP contribution in [-0.2, 0) is 11.3 Å². The fourth-order valence-corrected chi connectivity index (χ4v) is 3.36. The highest BCUT2D eigenvalue weighted by molar-refractivity contribution is 7.09. The van der Waals surface area contributed by atoms with Crippen molar-refractivity contribution in [2.45, 2.75) is 32.2 Å². The third-order valence-corrected chi connectivity index (χ3v) is 5.05. The average Bonchev–Trinajstić information content (AvgIpc) is 2.82. The smallest absolute Gasteiger partial charge is 0.223 e. The second kappa shape index (κ2) is 5.93. The van der Waals surface area contributed by atoms with Gasteiger partial charge in [-0.05, 0) is 43.4 Å². The molecule has 1 aromatic heterocycles. The third-order valence-electron chi connectivity index (χ3n) is 4.12. The van der Waals surface area contributed by atoms with Crippen molar-refractivity contribution in [3.8, 4) is 0 Å². The van der Waals surface area contributed by atoms with Gasteiger partial charge in [0.2, 0.25) is 5.91 Å². The Kier molecular flexibility index (Phi) is 4.01. The second-order valence-electron chi connectivity index (χ2n) is 5.50. The number of carbonyl (C=O) groups is 1. The Hall–Kier alpha value is -1.75. The van der Waals surface area contributed by atoms with Gasteiger partial charge < -0.3 is 5.32 Å². The van der Waals surface area contributed by atoms with Crippen LogP contribution >= 0.6 is 11.3 Å². The first-order valence-corrected chi connectivity index (χ1v) is 7.93. The molecule has 3 rings (SSSR count). The van der Waals surface area contributed by atoms with Gasteiger partial charge in [-0.3, -0.25) is 4.79 Å². The summed E-state index contributed by atoms with van der Waals surface area (Å²) in [5.74, 6) is 0.355. The maximum absolute atomic E-state index is 12.9. The monoisotopic (exact) mass is 304 g/mol. The molecule has 3 nitrogen and oxygen atoms in total. The number of thiazole rings is 1. The molecule has 0 unspecified atom stereocenters. The molecule has 1 heterocycles. The van der Waals surface area contributed by atoms with E-state index < -0.39 is 0 Å². The summed E-state index contributed by atoms with van der Waals surface area (Å²) in [4.78, 5) is 17.4. The molecule has 1 fully saturated rings. The van der Waals surface area contributed by atoms with E-state index in [1.807, 2.05) is 19.1 Å². The summed E-state index contributed by atoms with van der Waals surface area (Å²) >= 11 is 1.57. The Morgan fingerprint density at radius 2 is 2.10 bits per heavy atom. The van der Waals surface area contributed by atoms with Crippen LogP contribution in [0.1, 0.15) is 34.9 Å². The summed E-state index contributed by atoms with van der Waals surface area (Å²) in [5.41, 5.74) is 3.90. The Balaban J connectivity index is 1.48. The first-order valence-electron chi connectivity index (χ1n) is 7.05. The summed E-state index contributed by atoms with van der Waals surface area (Å²) in [6.45, 7) is 2.51. The van der Waals surface area contributed by atoms with E-state index in [4.69, 9.17) is 0 Å². The van der Waals surface area contributed by atoms with Crippen molar-refractivity contribution >= 4 is 17.2 Å². The number of rotatable bonds is 4. The van der Waals surface area contributed by atoms with Gasteiger partial charge in [-0.25, -0.2) is 9.37 Å². The minimum atomic E-state index is -0.215. The number of nitrogens with one attached hydrogen (secondary N) is 1. The molecule has 21 heavy (non-hydrogen) atoms. The molecule has 5 heteroatoms. The van der Waals surface area contributed by atoms with Crippen molar-refractivity contribution < 1.29 is 9.18 Å². The highest BCUT2D eigenvalue weighted by atomic mass is 32.1. The van der Waals surface area contributed by atoms with Gasteiger partial charge >= 0.3 is 0 Å². The number of aryl methyl sites for hydroxylation is 1. The van der Waals surface area contributed by atoms with Crippen molar-refractivity contribution in [2.75, 3.05) is 0 Å². The van der Waals surface area contributed by atoms with Crippen LogP contribution in [0.4, 0.5) is 4.39 Å². The lowest BCUT2D eigenvalue weighted by molar-refractivity contribution is -0.128. The number of amides is 1. The fourth-order valence-electron chi connectivity index (χ4n) is 2.65. The second-order valence-corrected chi connectivity index (χ2v) is 6.43. The lowest BCUT2D eigenvalue weighted by atomic mass is 9.71. The topological polar surface area (TPSA) is 42.0 Å². The van der Waals surface area contributed by atoms with Crippen molar-refractivity contribution in [3.05, 3.63) is 51.7 Å². The van der Waals surface area contributed by atoms with Crippen LogP contribution in [0.15, 0.2) is 29.8 Å². The third kappa shape index (κ3) is 3.13. The van der Waals surface area contributed by atoms with E-state index in [-0.39, 0.29) is 17.6 Å². The van der Waals surface area contributed by atoms with Gasteiger partial charge in [0.1, 0.15) is 5.82 Å². The highest BCUT2D eigenvalue weighted by Gasteiger charge is 2.35. The predicted octanol–water partition coefficient (Wildman–Crippen LogP) is 3.40. The van der Waals surface area contributed by atoms with E-state index in [0.29, 0.717) is 12.5 Å². The van der Waals surface area contributed by atoms with Gasteiger partial charge in [0.15, 0.2) is 0 Å². The minimum Gasteiger partial charge on any atom is -0.351 e. The molecule has 1 aliphatic carbocycles. The van der Waals surface area contributed by atoms with Crippen LogP contribution in [0, 0.1) is 18.7 Å². The molecule has 1 saturated carbocycles. The largest absolute Gasteiger partial charge is 0.351 e. The van der Waals surface area contributed by atoms with E-state index >= 15 is 0 Å². The number of carbonyl (C=O) groups excluding carboxylic acids is 1. The van der Waals surface area contributed by atoms with E-state index in [1.54, 1.807) is 16.8 Å². The van der Waals surface area contributed by atoms with Gasteiger partial charge in [-0.1, -0.05) is 12.1 Å². The zero-order valence-electron chi connectivity index (χ0n) is 11.8. The number of halogens is 1. The minimum absolute atomic E-state index is 0.0771. The standard InChI is InChI=1S/C16H17FN2OS/c1-10-15(21-9-19-10)8-18-16(20)13-6-12(7-13)11-2-4-14(17)5-3-11/h2-5,9,12-13H,6-8H2,1H3,(H,18,20). The Bertz CT molecular complexity index is 632. The first kappa shape index (κ1) is 14.2. The lowest BCUT2D eigenvalue weighted by Crippen LogP contribution is -2.37. The summed E-state index contributed by atoms with van der Waals surface area (Å²) in [6, 6.07) is 6.59. The number of benzene rings is 1. The van der Waals surface area contributed by atoms with Gasteiger partial charge in [-0.2, -0.15) is 0 Å². The molecule has 110 valence electrons. The van der Waals surface area contributed by atoms with Crippen molar-refractivity contribution in [1.29, 1.82) is 0 Å². The van der Waals surface area contributed by atoms with Crippen LogP contribution in [0.5, 0.6) is 0 Å². The number of aromatic nitrogens is 1. The molecule has 1 aromatic carbocycles. The SMILES string of the molecule is Cc1ncsc1CNC(=O)C1CC(c2ccc(F)cc2)C1. The van der Waals surface area contributed by atoms with Crippen LogP contribution in [0.2, 0.25) is 0 Å². The van der Waals surface area contributed by atoms with Gasteiger partial charge in [-0.15, -0.1) is 11.3 Å². The zero-order valence-corrected chi connectivity index (χ0v) is 12.6. The molecule has 0 aliphatic heterocycles. The van der Waals surface area contributed by atoms with E-state index in [0.717, 1.165) is 29.0 Å². The Labute approximate surface area is 127 Å². The molecule has 0 bridgehead atoms. The van der Waals surface area contributed by atoms with Gasteiger partial charge in [0, 0.05) is 10.8 Å². The van der Waals surface area contributed by atoms with Crippen LogP contribution < -0.4 is 5.32 Å². The normalized spacial score (nSPS) is 20.9. The van der Waals surface area contributed by atoms with Gasteiger partial charge in [0.25, 0.3) is 0 Å². The van der Waals surface area contributed by atoms with Crippen molar-refractivity contribution in [2.24, 2.45) is 5.92 Å². The number of hydrogen-bond acceptors (Lipinski definition) is 3. The quantitative estimate of drug-likeness (QED) is 0.940. The molecule has 1 amide bonds. The Morgan fingerprint density at radius 1 is 1.38 bits per heavy atom. The van der Waals surface area contributed by atoms with E-state index in [9.17, 15) is 9.18 Å². The predicted molar refractivity (Wildman–Crippen MR) is 80.6 cm³/mol. The molecule has 1 aliphatic rings. The number of nitrogens with zero attached hydrogens (tertiary/aromatic N) is 1. The fraction of sp³-hybridized carbons (Fsp3) is 0.375. The molecule has 2 aromatic rings. The number of hydrogen-bond donors (Lipinski definition) is 1. The maximum Gasteiger partial charge on any atom is 0.223 e. The van der Waals surface area contributed by atoms with E-state index in [2.05, 4.69) is 10.3 Å². The van der Waals surface area contributed by atoms with Gasteiger partial charge in [0.05, 0.1) is 17.7 Å². The maximum atomic E-state index is 12.9. The van der Waals surface area contributed by atoms with E-state index in [1.165, 1.54) is 12.1 Å². The first-order chi connectivity index (χ1) is 10.1. The Morgan fingerprint density at radius 3 is 2.71 bits per heavy atom. The molecular weight excluding hydrogens is 287 g/mol. The molecule has 0 radical (unpaired) electrons. The molecule has 1 N–H and O–H groups in total. The molecule has 0 atom stereocenters.